The Morgan fingerprint density at radius 1 is 1.40 bits per heavy atom. The Hall–Kier alpha value is -1.02. The number of guanidine groups is 1. The number of nitrogens with one attached hydrogen (secondary N) is 1. The standard InChI is InChI=1S/C19H32N4O.HI/c1-5-23-13-9-10-17(23)15-22(4)19(20-3)21-14-16(2)24-18-11-7-6-8-12-18;/h6-8,11-12,16-17H,5,9-10,13-15H2,1-4H3,(H,20,21);1H. The molecule has 1 saturated heterocycles. The van der Waals surface area contributed by atoms with E-state index >= 15 is 0 Å². The van der Waals surface area contributed by atoms with E-state index in [0.29, 0.717) is 6.04 Å². The minimum Gasteiger partial charge on any atom is -0.489 e. The Bertz CT molecular complexity index is 511. The van der Waals surface area contributed by atoms with Crippen molar-refractivity contribution in [2.45, 2.75) is 38.8 Å². The summed E-state index contributed by atoms with van der Waals surface area (Å²) < 4.78 is 5.91. The second kappa shape index (κ2) is 11.6. The number of nitrogens with zero attached hydrogens (tertiary/aromatic N) is 3. The van der Waals surface area contributed by atoms with Crippen LogP contribution in [0.1, 0.15) is 26.7 Å². The van der Waals surface area contributed by atoms with Crippen molar-refractivity contribution in [1.29, 1.82) is 0 Å². The first-order valence-electron chi connectivity index (χ1n) is 9.01. The Balaban J connectivity index is 0.00000312. The molecule has 2 unspecified atom stereocenters. The fourth-order valence-corrected chi connectivity index (χ4v) is 3.31. The summed E-state index contributed by atoms with van der Waals surface area (Å²) >= 11 is 0. The van der Waals surface area contributed by atoms with Gasteiger partial charge in [-0.25, -0.2) is 0 Å². The second-order valence-electron chi connectivity index (χ2n) is 6.47. The molecule has 0 amide bonds. The van der Waals surface area contributed by atoms with Crippen molar-refractivity contribution in [2.75, 3.05) is 40.3 Å². The van der Waals surface area contributed by atoms with E-state index in [1.807, 2.05) is 37.4 Å². The molecule has 2 rings (SSSR count). The van der Waals surface area contributed by atoms with Crippen molar-refractivity contribution in [3.63, 3.8) is 0 Å². The van der Waals surface area contributed by atoms with Gasteiger partial charge in [-0.15, -0.1) is 24.0 Å². The SMILES string of the molecule is CCN1CCCC1CN(C)C(=NC)NCC(C)Oc1ccccc1.I. The van der Waals surface area contributed by atoms with E-state index in [9.17, 15) is 0 Å². The highest BCUT2D eigenvalue weighted by Gasteiger charge is 2.25. The van der Waals surface area contributed by atoms with E-state index in [-0.39, 0.29) is 30.1 Å². The van der Waals surface area contributed by atoms with Gasteiger partial charge in [0.25, 0.3) is 0 Å². The van der Waals surface area contributed by atoms with Crippen LogP contribution in [0.5, 0.6) is 5.75 Å². The molecule has 0 spiro atoms. The van der Waals surface area contributed by atoms with Crippen molar-refractivity contribution in [1.82, 2.24) is 15.1 Å². The predicted octanol–water partition coefficient (Wildman–Crippen LogP) is 3.06. The number of aliphatic imine (C=N–C) groups is 1. The van der Waals surface area contributed by atoms with Gasteiger partial charge in [-0.1, -0.05) is 25.1 Å². The Labute approximate surface area is 169 Å². The molecule has 1 aliphatic rings. The maximum absolute atomic E-state index is 5.91. The lowest BCUT2D eigenvalue weighted by Gasteiger charge is -2.30. The molecule has 0 bridgehead atoms. The van der Waals surface area contributed by atoms with E-state index in [1.165, 1.54) is 19.4 Å². The highest BCUT2D eigenvalue weighted by molar-refractivity contribution is 14.0. The monoisotopic (exact) mass is 460 g/mol. The number of benzene rings is 1. The maximum atomic E-state index is 5.91. The second-order valence-corrected chi connectivity index (χ2v) is 6.47. The number of ether oxygens (including phenoxy) is 1. The van der Waals surface area contributed by atoms with Gasteiger partial charge in [0.1, 0.15) is 11.9 Å². The minimum absolute atomic E-state index is 0. The van der Waals surface area contributed by atoms with Gasteiger partial charge >= 0.3 is 0 Å². The molecule has 2 atom stereocenters. The average molecular weight is 460 g/mol. The lowest BCUT2D eigenvalue weighted by molar-refractivity contribution is 0.217. The van der Waals surface area contributed by atoms with Crippen molar-refractivity contribution in [2.24, 2.45) is 4.99 Å². The van der Waals surface area contributed by atoms with Gasteiger partial charge in [0.2, 0.25) is 0 Å². The van der Waals surface area contributed by atoms with Gasteiger partial charge < -0.3 is 15.0 Å². The summed E-state index contributed by atoms with van der Waals surface area (Å²) in [5.41, 5.74) is 0. The van der Waals surface area contributed by atoms with Gasteiger partial charge in [0.05, 0.1) is 6.54 Å². The molecule has 1 N–H and O–H groups in total. The topological polar surface area (TPSA) is 40.1 Å². The Morgan fingerprint density at radius 3 is 2.76 bits per heavy atom. The fourth-order valence-electron chi connectivity index (χ4n) is 3.31. The maximum Gasteiger partial charge on any atom is 0.193 e. The Kier molecular flexibility index (Phi) is 10.2. The molecule has 5 nitrogen and oxygen atoms in total. The zero-order valence-corrected chi connectivity index (χ0v) is 18.3. The third-order valence-electron chi connectivity index (χ3n) is 4.59. The molecule has 1 fully saturated rings. The Morgan fingerprint density at radius 2 is 2.12 bits per heavy atom. The van der Waals surface area contributed by atoms with Crippen LogP contribution in [0.15, 0.2) is 35.3 Å². The lowest BCUT2D eigenvalue weighted by atomic mass is 10.2. The molecule has 0 aromatic heterocycles. The van der Waals surface area contributed by atoms with Gasteiger partial charge in [0.15, 0.2) is 5.96 Å². The van der Waals surface area contributed by atoms with Crippen LogP contribution in [0.25, 0.3) is 0 Å². The summed E-state index contributed by atoms with van der Waals surface area (Å²) in [6.45, 7) is 8.42. The van der Waals surface area contributed by atoms with Gasteiger partial charge in [-0.2, -0.15) is 0 Å². The molecule has 0 saturated carbocycles. The van der Waals surface area contributed by atoms with Crippen LogP contribution < -0.4 is 10.1 Å². The summed E-state index contributed by atoms with van der Waals surface area (Å²) in [7, 11) is 3.96. The van der Waals surface area contributed by atoms with Crippen molar-refractivity contribution in [3.8, 4) is 5.75 Å². The zero-order valence-electron chi connectivity index (χ0n) is 15.9. The van der Waals surface area contributed by atoms with Crippen molar-refractivity contribution < 1.29 is 4.74 Å². The van der Waals surface area contributed by atoms with E-state index in [2.05, 4.69) is 41.0 Å². The fraction of sp³-hybridized carbons (Fsp3) is 0.632. The summed E-state index contributed by atoms with van der Waals surface area (Å²) in [6.07, 6.45) is 2.67. The first-order chi connectivity index (χ1) is 11.6. The first-order valence-corrected chi connectivity index (χ1v) is 9.01. The molecule has 0 aliphatic carbocycles. The molecule has 25 heavy (non-hydrogen) atoms. The number of likely N-dealkylation sites (tertiary alicyclic amines) is 1. The van der Waals surface area contributed by atoms with Crippen LogP contribution in [0.2, 0.25) is 0 Å². The molecule has 1 heterocycles. The third-order valence-corrected chi connectivity index (χ3v) is 4.59. The number of likely N-dealkylation sites (N-methyl/N-ethyl adjacent to an activating group) is 2. The lowest BCUT2D eigenvalue weighted by Crippen LogP contribution is -2.47. The normalized spacial score (nSPS) is 19.2. The summed E-state index contributed by atoms with van der Waals surface area (Å²) in [5, 5.41) is 3.43. The van der Waals surface area contributed by atoms with Gasteiger partial charge in [-0.05, 0) is 45.0 Å². The van der Waals surface area contributed by atoms with Gasteiger partial charge in [0, 0.05) is 26.7 Å². The van der Waals surface area contributed by atoms with Gasteiger partial charge in [-0.3, -0.25) is 9.89 Å². The van der Waals surface area contributed by atoms with Crippen LogP contribution >= 0.6 is 24.0 Å². The van der Waals surface area contributed by atoms with Crippen LogP contribution in [0.3, 0.4) is 0 Å². The number of para-hydroxylation sites is 1. The minimum atomic E-state index is 0. The number of rotatable bonds is 7. The molecule has 142 valence electrons. The first kappa shape index (κ1) is 22.0. The van der Waals surface area contributed by atoms with Crippen molar-refractivity contribution in [3.05, 3.63) is 30.3 Å². The van der Waals surface area contributed by atoms with Crippen LogP contribution in [0.4, 0.5) is 0 Å². The van der Waals surface area contributed by atoms with Crippen molar-refractivity contribution >= 4 is 29.9 Å². The molecule has 1 aromatic carbocycles. The van der Waals surface area contributed by atoms with Crippen LogP contribution in [0, 0.1) is 0 Å². The summed E-state index contributed by atoms with van der Waals surface area (Å²) in [4.78, 5) is 9.21. The largest absolute Gasteiger partial charge is 0.489 e. The summed E-state index contributed by atoms with van der Waals surface area (Å²) in [6, 6.07) is 10.6. The molecule has 6 heteroatoms. The van der Waals surface area contributed by atoms with E-state index in [4.69, 9.17) is 4.74 Å². The van der Waals surface area contributed by atoms with Crippen LogP contribution in [-0.4, -0.2) is 68.2 Å². The van der Waals surface area contributed by atoms with E-state index in [1.54, 1.807) is 0 Å². The number of hydrogen-bond donors (Lipinski definition) is 1. The average Bonchev–Trinajstić information content (AvgIpc) is 3.03. The van der Waals surface area contributed by atoms with E-state index in [0.717, 1.165) is 31.3 Å². The predicted molar refractivity (Wildman–Crippen MR) is 116 cm³/mol. The molecule has 1 aromatic rings. The third kappa shape index (κ3) is 7.01. The number of hydrogen-bond acceptors (Lipinski definition) is 3. The summed E-state index contributed by atoms with van der Waals surface area (Å²) in [5.74, 6) is 1.83. The molecular weight excluding hydrogens is 427 g/mol. The smallest absolute Gasteiger partial charge is 0.193 e. The van der Waals surface area contributed by atoms with E-state index < -0.39 is 0 Å². The number of halogens is 1. The molecular formula is C19H33IN4O. The molecule has 0 radical (unpaired) electrons. The quantitative estimate of drug-likeness (QED) is 0.386. The molecule has 1 aliphatic heterocycles. The zero-order chi connectivity index (χ0) is 17.4. The van der Waals surface area contributed by atoms with Crippen LogP contribution in [-0.2, 0) is 0 Å². The highest BCUT2D eigenvalue weighted by Crippen LogP contribution is 2.17. The highest BCUT2D eigenvalue weighted by atomic mass is 127.